The maximum Gasteiger partial charge on any atom is 0.194 e. The van der Waals surface area contributed by atoms with E-state index in [4.69, 9.17) is 14.2 Å². The molecule has 1 aliphatic rings. The zero-order valence-corrected chi connectivity index (χ0v) is 15.8. The van der Waals surface area contributed by atoms with Gasteiger partial charge in [0, 0.05) is 18.1 Å². The first-order valence-corrected chi connectivity index (χ1v) is 9.35. The topological polar surface area (TPSA) is 27.7 Å². The predicted octanol–water partition coefficient (Wildman–Crippen LogP) is 5.53. The fraction of sp³-hybridized carbons (Fsp3) is 0.429. The van der Waals surface area contributed by atoms with E-state index in [9.17, 15) is 22.0 Å². The molecule has 0 bridgehead atoms. The zero-order valence-electron chi connectivity index (χ0n) is 15.8. The van der Waals surface area contributed by atoms with Gasteiger partial charge in [0.25, 0.3) is 0 Å². The van der Waals surface area contributed by atoms with Crippen molar-refractivity contribution in [2.45, 2.75) is 26.1 Å². The molecule has 0 spiro atoms. The molecular weight excluding hydrogens is 395 g/mol. The number of rotatable bonds is 7. The highest BCUT2D eigenvalue weighted by Gasteiger charge is 2.26. The van der Waals surface area contributed by atoms with Crippen LogP contribution in [0.25, 0.3) is 11.1 Å². The van der Waals surface area contributed by atoms with Crippen molar-refractivity contribution in [1.82, 2.24) is 0 Å². The van der Waals surface area contributed by atoms with Gasteiger partial charge in [-0.05, 0) is 36.2 Å². The van der Waals surface area contributed by atoms with Crippen molar-refractivity contribution in [3.05, 3.63) is 58.9 Å². The van der Waals surface area contributed by atoms with Crippen LogP contribution in [0.5, 0.6) is 0 Å². The normalized spacial score (nSPS) is 19.5. The zero-order chi connectivity index (χ0) is 21.0. The number of halogens is 5. The van der Waals surface area contributed by atoms with Gasteiger partial charge in [0.1, 0.15) is 11.6 Å². The van der Waals surface area contributed by atoms with Gasteiger partial charge in [-0.25, -0.2) is 22.0 Å². The van der Waals surface area contributed by atoms with Gasteiger partial charge in [-0.15, -0.1) is 0 Å². The summed E-state index contributed by atoms with van der Waals surface area (Å²) in [4.78, 5) is 0. The minimum atomic E-state index is -1.71. The van der Waals surface area contributed by atoms with Crippen LogP contribution in [-0.2, 0) is 14.2 Å². The van der Waals surface area contributed by atoms with E-state index in [1.54, 1.807) is 0 Å². The number of ether oxygens (including phenoxy) is 3. The van der Waals surface area contributed by atoms with Gasteiger partial charge in [-0.1, -0.05) is 13.3 Å². The first-order valence-electron chi connectivity index (χ1n) is 9.35. The van der Waals surface area contributed by atoms with Crippen molar-refractivity contribution in [2.24, 2.45) is 5.92 Å². The first-order chi connectivity index (χ1) is 13.9. The molecule has 0 N–H and O–H groups in total. The molecule has 0 aromatic heterocycles. The van der Waals surface area contributed by atoms with Gasteiger partial charge in [0.05, 0.1) is 25.4 Å². The second kappa shape index (κ2) is 9.65. The van der Waals surface area contributed by atoms with Crippen molar-refractivity contribution >= 4 is 0 Å². The van der Waals surface area contributed by atoms with Crippen molar-refractivity contribution < 1.29 is 36.2 Å². The van der Waals surface area contributed by atoms with E-state index < -0.39 is 46.5 Å². The third-order valence-corrected chi connectivity index (χ3v) is 4.57. The van der Waals surface area contributed by atoms with E-state index >= 15 is 0 Å². The summed E-state index contributed by atoms with van der Waals surface area (Å²) < 4.78 is 85.6. The van der Waals surface area contributed by atoms with Crippen molar-refractivity contribution in [2.75, 3.05) is 26.4 Å². The average Bonchev–Trinajstić information content (AvgIpc) is 2.69. The maximum atomic E-state index is 14.5. The van der Waals surface area contributed by atoms with Gasteiger partial charge in [0.2, 0.25) is 0 Å². The third kappa shape index (κ3) is 5.12. The molecule has 2 aromatic carbocycles. The van der Waals surface area contributed by atoms with Crippen LogP contribution in [0, 0.1) is 35.0 Å². The molecule has 1 aliphatic heterocycles. The van der Waals surface area contributed by atoms with Crippen LogP contribution in [0.1, 0.15) is 31.6 Å². The second-order valence-electron chi connectivity index (χ2n) is 6.91. The molecule has 2 aromatic rings. The molecular formula is C21H21F5O3. The molecule has 1 saturated heterocycles. The lowest BCUT2D eigenvalue weighted by molar-refractivity contribution is -0.212. The minimum Gasteiger partial charge on any atom is -0.381 e. The standard InChI is InChI=1S/C21H21F5O3/c1-2-3-4-27-9-12-10-28-21(29-11-12)14-7-15(22)19(16(23)8-14)13-5-17(24)20(26)18(25)6-13/h5-8,12,21H,2-4,9-11H2,1H3. The fourth-order valence-corrected chi connectivity index (χ4v) is 3.03. The quantitative estimate of drug-likeness (QED) is 0.338. The predicted molar refractivity (Wildman–Crippen MR) is 95.5 cm³/mol. The number of hydrogen-bond donors (Lipinski definition) is 0. The summed E-state index contributed by atoms with van der Waals surface area (Å²) >= 11 is 0. The van der Waals surface area contributed by atoms with Crippen molar-refractivity contribution in [3.63, 3.8) is 0 Å². The Morgan fingerprint density at radius 1 is 0.897 bits per heavy atom. The third-order valence-electron chi connectivity index (χ3n) is 4.57. The maximum absolute atomic E-state index is 14.5. The molecule has 29 heavy (non-hydrogen) atoms. The molecule has 1 heterocycles. The Balaban J connectivity index is 1.71. The Hall–Kier alpha value is -2.03. The van der Waals surface area contributed by atoms with Gasteiger partial charge >= 0.3 is 0 Å². The molecule has 3 nitrogen and oxygen atoms in total. The largest absolute Gasteiger partial charge is 0.381 e. The summed E-state index contributed by atoms with van der Waals surface area (Å²) in [5, 5.41) is 0. The Bertz CT molecular complexity index is 804. The lowest BCUT2D eigenvalue weighted by atomic mass is 10.0. The Morgan fingerprint density at radius 2 is 1.48 bits per heavy atom. The molecule has 0 atom stereocenters. The van der Waals surface area contributed by atoms with Crippen LogP contribution >= 0.6 is 0 Å². The number of unbranched alkanes of at least 4 members (excludes halogenated alkanes) is 1. The summed E-state index contributed by atoms with van der Waals surface area (Å²) in [6.45, 7) is 3.79. The van der Waals surface area contributed by atoms with E-state index in [0.29, 0.717) is 38.6 Å². The van der Waals surface area contributed by atoms with Gasteiger partial charge in [-0.2, -0.15) is 0 Å². The molecule has 0 saturated carbocycles. The number of hydrogen-bond acceptors (Lipinski definition) is 3. The molecule has 3 rings (SSSR count). The molecule has 158 valence electrons. The van der Waals surface area contributed by atoms with Crippen molar-refractivity contribution in [3.8, 4) is 11.1 Å². The monoisotopic (exact) mass is 416 g/mol. The summed E-state index contributed by atoms with van der Waals surface area (Å²) in [6, 6.07) is 3.02. The Morgan fingerprint density at radius 3 is 2.03 bits per heavy atom. The van der Waals surface area contributed by atoms with E-state index in [1.807, 2.05) is 0 Å². The van der Waals surface area contributed by atoms with E-state index in [-0.39, 0.29) is 11.5 Å². The van der Waals surface area contributed by atoms with Crippen LogP contribution in [0.3, 0.4) is 0 Å². The SMILES string of the molecule is CCCCOCC1COC(c2cc(F)c(-c3cc(F)c(F)c(F)c3)c(F)c2)OC1. The first kappa shape index (κ1) is 21.7. The summed E-state index contributed by atoms with van der Waals surface area (Å²) in [5.41, 5.74) is -1.01. The van der Waals surface area contributed by atoms with Gasteiger partial charge in [-0.3, -0.25) is 0 Å². The van der Waals surface area contributed by atoms with Crippen LogP contribution < -0.4 is 0 Å². The Labute approximate surface area is 165 Å². The minimum absolute atomic E-state index is 0.0160. The highest BCUT2D eigenvalue weighted by Crippen LogP contribution is 2.33. The second-order valence-corrected chi connectivity index (χ2v) is 6.91. The smallest absolute Gasteiger partial charge is 0.194 e. The molecule has 8 heteroatoms. The molecule has 0 unspecified atom stereocenters. The highest BCUT2D eigenvalue weighted by atomic mass is 19.2. The summed E-state index contributed by atoms with van der Waals surface area (Å²) in [7, 11) is 0. The molecule has 0 radical (unpaired) electrons. The van der Waals surface area contributed by atoms with E-state index in [1.165, 1.54) is 0 Å². The van der Waals surface area contributed by atoms with Crippen LogP contribution in [0.15, 0.2) is 24.3 Å². The lowest BCUT2D eigenvalue weighted by Crippen LogP contribution is -2.30. The highest BCUT2D eigenvalue weighted by molar-refractivity contribution is 5.65. The van der Waals surface area contributed by atoms with E-state index in [2.05, 4.69) is 6.92 Å². The van der Waals surface area contributed by atoms with Gasteiger partial charge in [0.15, 0.2) is 23.7 Å². The summed E-state index contributed by atoms with van der Waals surface area (Å²) in [6.07, 6.45) is 1.02. The molecule has 0 aliphatic carbocycles. The lowest BCUT2D eigenvalue weighted by Gasteiger charge is -2.29. The van der Waals surface area contributed by atoms with Crippen LogP contribution in [0.4, 0.5) is 22.0 Å². The van der Waals surface area contributed by atoms with Crippen LogP contribution in [-0.4, -0.2) is 26.4 Å². The Kier molecular flexibility index (Phi) is 7.21. The fourth-order valence-electron chi connectivity index (χ4n) is 3.03. The molecule has 1 fully saturated rings. The van der Waals surface area contributed by atoms with Crippen molar-refractivity contribution in [1.29, 1.82) is 0 Å². The van der Waals surface area contributed by atoms with Gasteiger partial charge < -0.3 is 14.2 Å². The number of benzene rings is 2. The van der Waals surface area contributed by atoms with Crippen LogP contribution in [0.2, 0.25) is 0 Å². The molecule has 0 amide bonds. The van der Waals surface area contributed by atoms with E-state index in [0.717, 1.165) is 25.0 Å². The average molecular weight is 416 g/mol. The summed E-state index contributed by atoms with van der Waals surface area (Å²) in [5.74, 6) is -6.89.